The number of anilines is 1. The Kier molecular flexibility index (Phi) is 2.15. The van der Waals surface area contributed by atoms with E-state index in [9.17, 15) is 9.59 Å². The van der Waals surface area contributed by atoms with E-state index in [4.69, 9.17) is 0 Å². The number of carbonyl (C=O) groups is 2. The Morgan fingerprint density at radius 3 is 3.00 bits per heavy atom. The smallest absolute Gasteiger partial charge is 0.357 e. The Bertz CT molecular complexity index is 454. The number of carbonyl (C=O) groups excluding carboxylic acids is 2. The number of methoxy groups -OCH3 is 1. The van der Waals surface area contributed by atoms with Crippen LogP contribution in [0, 0.1) is 6.92 Å². The van der Waals surface area contributed by atoms with Crippen molar-refractivity contribution >= 4 is 17.7 Å². The van der Waals surface area contributed by atoms with Gasteiger partial charge in [-0.05, 0) is 18.6 Å². The third kappa shape index (κ3) is 1.56. The predicted octanol–water partition coefficient (Wildman–Crippen LogP) is 0.671. The molecular weight excluding hydrogens is 196 g/mol. The number of aryl methyl sites for hydroxylation is 1. The van der Waals surface area contributed by atoms with Gasteiger partial charge in [0.1, 0.15) is 5.82 Å². The SMILES string of the molecule is COC(=O)c1nc2c(cc1C)CC(=O)N2. The summed E-state index contributed by atoms with van der Waals surface area (Å²) in [5.74, 6) is -0.124. The second kappa shape index (κ2) is 3.34. The molecule has 0 fully saturated rings. The maximum atomic E-state index is 11.3. The van der Waals surface area contributed by atoms with E-state index in [0.29, 0.717) is 12.2 Å². The minimum Gasteiger partial charge on any atom is -0.464 e. The van der Waals surface area contributed by atoms with E-state index in [1.807, 2.05) is 0 Å². The average Bonchev–Trinajstić information content (AvgIpc) is 2.55. The molecule has 78 valence electrons. The summed E-state index contributed by atoms with van der Waals surface area (Å²) in [4.78, 5) is 26.5. The van der Waals surface area contributed by atoms with Crippen LogP contribution in [0.3, 0.4) is 0 Å². The quantitative estimate of drug-likeness (QED) is 0.686. The maximum absolute atomic E-state index is 11.3. The van der Waals surface area contributed by atoms with Gasteiger partial charge in [0.2, 0.25) is 5.91 Å². The lowest BCUT2D eigenvalue weighted by molar-refractivity contribution is -0.115. The number of hydrogen-bond acceptors (Lipinski definition) is 4. The van der Waals surface area contributed by atoms with Crippen molar-refractivity contribution in [2.45, 2.75) is 13.3 Å². The zero-order valence-corrected chi connectivity index (χ0v) is 8.46. The summed E-state index contributed by atoms with van der Waals surface area (Å²) < 4.78 is 4.59. The number of hydrogen-bond donors (Lipinski definition) is 1. The molecule has 5 heteroatoms. The molecule has 0 atom stereocenters. The van der Waals surface area contributed by atoms with Gasteiger partial charge in [0.15, 0.2) is 5.69 Å². The fraction of sp³-hybridized carbons (Fsp3) is 0.300. The Morgan fingerprint density at radius 2 is 2.33 bits per heavy atom. The summed E-state index contributed by atoms with van der Waals surface area (Å²) in [6, 6.07) is 1.78. The van der Waals surface area contributed by atoms with Gasteiger partial charge >= 0.3 is 5.97 Å². The van der Waals surface area contributed by atoms with Crippen molar-refractivity contribution in [1.82, 2.24) is 4.98 Å². The van der Waals surface area contributed by atoms with Crippen molar-refractivity contribution in [2.75, 3.05) is 12.4 Å². The number of pyridine rings is 1. The molecule has 0 aliphatic carbocycles. The first kappa shape index (κ1) is 9.64. The van der Waals surface area contributed by atoms with E-state index in [1.54, 1.807) is 13.0 Å². The number of fused-ring (bicyclic) bond motifs is 1. The van der Waals surface area contributed by atoms with Gasteiger partial charge < -0.3 is 10.1 Å². The molecule has 1 aliphatic heterocycles. The second-order valence-corrected chi connectivity index (χ2v) is 3.38. The van der Waals surface area contributed by atoms with Crippen LogP contribution in [0.2, 0.25) is 0 Å². The molecule has 1 N–H and O–H groups in total. The van der Waals surface area contributed by atoms with Gasteiger partial charge in [-0.2, -0.15) is 0 Å². The van der Waals surface area contributed by atoms with Gasteiger partial charge in [0.25, 0.3) is 0 Å². The first-order valence-electron chi connectivity index (χ1n) is 4.50. The van der Waals surface area contributed by atoms with E-state index >= 15 is 0 Å². The van der Waals surface area contributed by atoms with Gasteiger partial charge in [0, 0.05) is 5.56 Å². The zero-order chi connectivity index (χ0) is 11.0. The van der Waals surface area contributed by atoms with Crippen molar-refractivity contribution in [1.29, 1.82) is 0 Å². The Hall–Kier alpha value is -1.91. The largest absolute Gasteiger partial charge is 0.464 e. The number of rotatable bonds is 1. The molecule has 1 aliphatic rings. The third-order valence-corrected chi connectivity index (χ3v) is 2.28. The minimum atomic E-state index is -0.489. The van der Waals surface area contributed by atoms with Crippen molar-refractivity contribution in [3.63, 3.8) is 0 Å². The van der Waals surface area contributed by atoms with Crippen LogP contribution in [0.25, 0.3) is 0 Å². The molecule has 5 nitrogen and oxygen atoms in total. The fourth-order valence-corrected chi connectivity index (χ4v) is 1.57. The molecular formula is C10H10N2O3. The summed E-state index contributed by atoms with van der Waals surface area (Å²) in [6.07, 6.45) is 0.324. The predicted molar refractivity (Wildman–Crippen MR) is 52.6 cm³/mol. The standard InChI is InChI=1S/C10H10N2O3/c1-5-3-6-4-7(13)11-9(6)12-8(5)10(14)15-2/h3H,4H2,1-2H3,(H,11,12,13). The summed E-state index contributed by atoms with van der Waals surface area (Å²) in [6.45, 7) is 1.77. The highest BCUT2D eigenvalue weighted by molar-refractivity contribution is 5.99. The number of amides is 1. The maximum Gasteiger partial charge on any atom is 0.357 e. The van der Waals surface area contributed by atoms with Gasteiger partial charge in [-0.3, -0.25) is 4.79 Å². The molecule has 0 radical (unpaired) electrons. The van der Waals surface area contributed by atoms with Crippen LogP contribution in [0.1, 0.15) is 21.6 Å². The molecule has 0 saturated heterocycles. The van der Waals surface area contributed by atoms with Gasteiger partial charge in [0.05, 0.1) is 13.5 Å². The first-order valence-corrected chi connectivity index (χ1v) is 4.50. The number of nitrogens with zero attached hydrogens (tertiary/aromatic N) is 1. The molecule has 1 aromatic heterocycles. The second-order valence-electron chi connectivity index (χ2n) is 3.38. The van der Waals surface area contributed by atoms with Crippen LogP contribution in [0.15, 0.2) is 6.07 Å². The molecule has 0 spiro atoms. The van der Waals surface area contributed by atoms with Gasteiger partial charge in [-0.1, -0.05) is 0 Å². The Labute approximate surface area is 86.5 Å². The number of ether oxygens (including phenoxy) is 1. The van der Waals surface area contributed by atoms with Crippen LogP contribution in [-0.4, -0.2) is 24.0 Å². The van der Waals surface area contributed by atoms with Crippen LogP contribution in [0.5, 0.6) is 0 Å². The molecule has 0 saturated carbocycles. The fourth-order valence-electron chi connectivity index (χ4n) is 1.57. The zero-order valence-electron chi connectivity index (χ0n) is 8.46. The summed E-state index contributed by atoms with van der Waals surface area (Å²) in [5, 5.41) is 2.59. The first-order chi connectivity index (χ1) is 7.11. The average molecular weight is 206 g/mol. The summed E-state index contributed by atoms with van der Waals surface area (Å²) >= 11 is 0. The van der Waals surface area contributed by atoms with E-state index in [2.05, 4.69) is 15.0 Å². The minimum absolute atomic E-state index is 0.0982. The number of nitrogens with one attached hydrogen (secondary N) is 1. The summed E-state index contributed by atoms with van der Waals surface area (Å²) in [7, 11) is 1.30. The molecule has 1 amide bonds. The Morgan fingerprint density at radius 1 is 1.60 bits per heavy atom. The summed E-state index contributed by atoms with van der Waals surface area (Å²) in [5.41, 5.74) is 1.79. The molecule has 15 heavy (non-hydrogen) atoms. The van der Waals surface area contributed by atoms with Gasteiger partial charge in [-0.15, -0.1) is 0 Å². The molecule has 2 rings (SSSR count). The lowest BCUT2D eigenvalue weighted by Crippen LogP contribution is -2.09. The van der Waals surface area contributed by atoms with E-state index in [0.717, 1.165) is 11.1 Å². The van der Waals surface area contributed by atoms with E-state index in [-0.39, 0.29) is 11.6 Å². The third-order valence-electron chi connectivity index (χ3n) is 2.28. The highest BCUT2D eigenvalue weighted by Crippen LogP contribution is 2.23. The molecule has 2 heterocycles. The van der Waals surface area contributed by atoms with Crippen LogP contribution < -0.4 is 5.32 Å². The molecule has 0 bridgehead atoms. The van der Waals surface area contributed by atoms with Crippen LogP contribution >= 0.6 is 0 Å². The number of aromatic nitrogens is 1. The highest BCUT2D eigenvalue weighted by atomic mass is 16.5. The topological polar surface area (TPSA) is 68.3 Å². The van der Waals surface area contributed by atoms with Crippen molar-refractivity contribution in [3.05, 3.63) is 22.9 Å². The van der Waals surface area contributed by atoms with Crippen LogP contribution in [0.4, 0.5) is 5.82 Å². The van der Waals surface area contributed by atoms with E-state index in [1.165, 1.54) is 7.11 Å². The van der Waals surface area contributed by atoms with E-state index < -0.39 is 5.97 Å². The van der Waals surface area contributed by atoms with Crippen molar-refractivity contribution in [2.24, 2.45) is 0 Å². The highest BCUT2D eigenvalue weighted by Gasteiger charge is 2.22. The molecule has 1 aromatic rings. The van der Waals surface area contributed by atoms with Gasteiger partial charge in [-0.25, -0.2) is 9.78 Å². The molecule has 0 unspecified atom stereocenters. The number of esters is 1. The normalized spacial score (nSPS) is 13.3. The lowest BCUT2D eigenvalue weighted by atomic mass is 10.1. The lowest BCUT2D eigenvalue weighted by Gasteiger charge is -2.05. The van der Waals surface area contributed by atoms with Crippen molar-refractivity contribution < 1.29 is 14.3 Å². The Balaban J connectivity index is 2.48. The monoisotopic (exact) mass is 206 g/mol. The molecule has 0 aromatic carbocycles. The van der Waals surface area contributed by atoms with Crippen LogP contribution in [-0.2, 0) is 16.0 Å². The van der Waals surface area contributed by atoms with Crippen molar-refractivity contribution in [3.8, 4) is 0 Å².